The summed E-state index contributed by atoms with van der Waals surface area (Å²) in [6.07, 6.45) is -4.85. The molecule has 0 aromatic carbocycles. The maximum absolute atomic E-state index is 9.20. The van der Waals surface area contributed by atoms with E-state index in [-0.39, 0.29) is 17.0 Å². The number of aliphatic hydroxyl groups is 4. The monoisotopic (exact) mass is 259 g/mol. The van der Waals surface area contributed by atoms with Crippen molar-refractivity contribution in [1.29, 1.82) is 0 Å². The van der Waals surface area contributed by atoms with Gasteiger partial charge in [-0.25, -0.2) is 0 Å². The van der Waals surface area contributed by atoms with Crippen LogP contribution in [0.2, 0.25) is 0 Å². The minimum Gasteiger partial charge on any atom is -0.394 e. The zero-order chi connectivity index (χ0) is 9.30. The van der Waals surface area contributed by atoms with Gasteiger partial charge in [0.05, 0.1) is 12.6 Å². The summed E-state index contributed by atoms with van der Waals surface area (Å²) in [5.41, 5.74) is 5.26. The number of rotatable bonds is 1. The van der Waals surface area contributed by atoms with Gasteiger partial charge in [-0.15, -0.1) is 17.0 Å². The Balaban J connectivity index is 0.00000144. The van der Waals surface area contributed by atoms with Crippen molar-refractivity contribution >= 4 is 17.0 Å². The number of aliphatic hydroxyl groups excluding tert-OH is 4. The van der Waals surface area contributed by atoms with E-state index in [1.807, 2.05) is 0 Å². The Kier molecular flexibility index (Phi) is 5.30. The molecular formula is C6H14BrNO5. The van der Waals surface area contributed by atoms with E-state index in [0.717, 1.165) is 0 Å². The molecule has 0 aromatic rings. The van der Waals surface area contributed by atoms with Gasteiger partial charge in [0.2, 0.25) is 0 Å². The first-order valence-electron chi connectivity index (χ1n) is 3.64. The summed E-state index contributed by atoms with van der Waals surface area (Å²) >= 11 is 0. The fourth-order valence-corrected chi connectivity index (χ4v) is 1.12. The van der Waals surface area contributed by atoms with E-state index in [0.29, 0.717) is 0 Å². The SMILES string of the molecule is Br.N[C@H]1C(O)O[C@H](CO)[C@@H](O)[C@@H]1O. The van der Waals surface area contributed by atoms with E-state index in [1.54, 1.807) is 0 Å². The van der Waals surface area contributed by atoms with E-state index in [4.69, 9.17) is 20.7 Å². The second-order valence-corrected chi connectivity index (χ2v) is 2.81. The molecule has 0 aromatic heterocycles. The largest absolute Gasteiger partial charge is 0.394 e. The Morgan fingerprint density at radius 2 is 1.69 bits per heavy atom. The van der Waals surface area contributed by atoms with Gasteiger partial charge in [0.15, 0.2) is 6.29 Å². The van der Waals surface area contributed by atoms with Crippen LogP contribution in [-0.4, -0.2) is 57.7 Å². The topological polar surface area (TPSA) is 116 Å². The molecule has 1 heterocycles. The Morgan fingerprint density at radius 1 is 1.15 bits per heavy atom. The lowest BCUT2D eigenvalue weighted by atomic mass is 9.98. The second-order valence-electron chi connectivity index (χ2n) is 2.81. The summed E-state index contributed by atoms with van der Waals surface area (Å²) < 4.78 is 4.70. The Bertz CT molecular complexity index is 155. The number of hydrogen-bond acceptors (Lipinski definition) is 6. The maximum atomic E-state index is 9.20. The standard InChI is InChI=1S/C6H13NO5.BrH/c7-3-5(10)4(9)2(1-8)12-6(3)11;/h2-6,8-11H,1,7H2;1H/t2-,3-,4-,5-,6?;/m1./s1. The smallest absolute Gasteiger partial charge is 0.173 e. The third kappa shape index (κ3) is 2.59. The predicted octanol–water partition coefficient (Wildman–Crippen LogP) is -2.68. The molecule has 0 radical (unpaired) electrons. The molecule has 7 heteroatoms. The van der Waals surface area contributed by atoms with Crippen molar-refractivity contribution in [2.75, 3.05) is 6.61 Å². The molecule has 1 rings (SSSR count). The Hall–Kier alpha value is 0.240. The molecule has 0 amide bonds. The highest BCUT2D eigenvalue weighted by Gasteiger charge is 2.41. The van der Waals surface area contributed by atoms with Crippen LogP contribution in [0.25, 0.3) is 0 Å². The third-order valence-corrected chi connectivity index (χ3v) is 1.95. The van der Waals surface area contributed by atoms with Crippen LogP contribution < -0.4 is 5.73 Å². The summed E-state index contributed by atoms with van der Waals surface area (Å²) in [7, 11) is 0. The Labute approximate surface area is 85.7 Å². The Morgan fingerprint density at radius 3 is 2.15 bits per heavy atom. The number of ether oxygens (including phenoxy) is 1. The first-order chi connectivity index (χ1) is 5.57. The zero-order valence-corrected chi connectivity index (χ0v) is 8.49. The lowest BCUT2D eigenvalue weighted by molar-refractivity contribution is -0.248. The molecule has 0 spiro atoms. The summed E-state index contributed by atoms with van der Waals surface area (Å²) in [5.74, 6) is 0. The van der Waals surface area contributed by atoms with Gasteiger partial charge in [0, 0.05) is 0 Å². The fraction of sp³-hybridized carbons (Fsp3) is 1.00. The first kappa shape index (κ1) is 13.2. The van der Waals surface area contributed by atoms with Crippen LogP contribution in [0.4, 0.5) is 0 Å². The molecule has 1 aliphatic rings. The van der Waals surface area contributed by atoms with Gasteiger partial charge >= 0.3 is 0 Å². The molecular weight excluding hydrogens is 246 g/mol. The number of halogens is 1. The minimum absolute atomic E-state index is 0. The van der Waals surface area contributed by atoms with Crippen molar-refractivity contribution in [2.45, 2.75) is 30.6 Å². The van der Waals surface area contributed by atoms with Gasteiger partial charge in [0.1, 0.15) is 18.3 Å². The van der Waals surface area contributed by atoms with Crippen LogP contribution in [-0.2, 0) is 4.74 Å². The second kappa shape index (κ2) is 5.20. The summed E-state index contributed by atoms with van der Waals surface area (Å²) in [5, 5.41) is 36.1. The molecule has 13 heavy (non-hydrogen) atoms. The van der Waals surface area contributed by atoms with Crippen molar-refractivity contribution in [1.82, 2.24) is 0 Å². The van der Waals surface area contributed by atoms with Gasteiger partial charge in [-0.2, -0.15) is 0 Å². The molecule has 1 saturated heterocycles. The van der Waals surface area contributed by atoms with Crippen molar-refractivity contribution in [3.63, 3.8) is 0 Å². The highest BCUT2D eigenvalue weighted by molar-refractivity contribution is 8.93. The number of hydrogen-bond donors (Lipinski definition) is 5. The molecule has 80 valence electrons. The van der Waals surface area contributed by atoms with E-state index >= 15 is 0 Å². The van der Waals surface area contributed by atoms with Crippen LogP contribution in [0, 0.1) is 0 Å². The molecule has 1 aliphatic heterocycles. The molecule has 1 fully saturated rings. The maximum Gasteiger partial charge on any atom is 0.173 e. The highest BCUT2D eigenvalue weighted by Crippen LogP contribution is 2.17. The average Bonchev–Trinajstić information content (AvgIpc) is 2.08. The lowest BCUT2D eigenvalue weighted by Gasteiger charge is -2.38. The molecule has 6 nitrogen and oxygen atoms in total. The number of nitrogens with two attached hydrogens (primary N) is 1. The van der Waals surface area contributed by atoms with E-state index < -0.39 is 37.3 Å². The summed E-state index contributed by atoms with van der Waals surface area (Å²) in [4.78, 5) is 0. The van der Waals surface area contributed by atoms with Gasteiger partial charge in [-0.3, -0.25) is 0 Å². The molecule has 5 atom stereocenters. The fourth-order valence-electron chi connectivity index (χ4n) is 1.12. The van der Waals surface area contributed by atoms with Gasteiger partial charge in [0.25, 0.3) is 0 Å². The van der Waals surface area contributed by atoms with Crippen LogP contribution in [0.3, 0.4) is 0 Å². The van der Waals surface area contributed by atoms with Crippen LogP contribution in [0.1, 0.15) is 0 Å². The van der Waals surface area contributed by atoms with Crippen molar-refractivity contribution < 1.29 is 25.2 Å². The summed E-state index contributed by atoms with van der Waals surface area (Å²) in [6, 6.07) is -1.04. The molecule has 0 saturated carbocycles. The van der Waals surface area contributed by atoms with Crippen molar-refractivity contribution in [3.05, 3.63) is 0 Å². The molecule has 6 N–H and O–H groups in total. The highest BCUT2D eigenvalue weighted by atomic mass is 79.9. The third-order valence-electron chi connectivity index (χ3n) is 1.95. The van der Waals surface area contributed by atoms with Crippen molar-refractivity contribution in [3.8, 4) is 0 Å². The lowest BCUT2D eigenvalue weighted by Crippen LogP contribution is -2.61. The van der Waals surface area contributed by atoms with Gasteiger partial charge in [-0.1, -0.05) is 0 Å². The minimum atomic E-state index is -1.35. The quantitative estimate of drug-likeness (QED) is 0.351. The molecule has 0 aliphatic carbocycles. The van der Waals surface area contributed by atoms with Gasteiger partial charge < -0.3 is 30.9 Å². The van der Waals surface area contributed by atoms with E-state index in [2.05, 4.69) is 0 Å². The zero-order valence-electron chi connectivity index (χ0n) is 6.78. The normalized spacial score (nSPS) is 45.5. The summed E-state index contributed by atoms with van der Waals surface area (Å²) in [6.45, 7) is -0.470. The first-order valence-corrected chi connectivity index (χ1v) is 3.64. The molecule has 1 unspecified atom stereocenters. The van der Waals surface area contributed by atoms with Crippen LogP contribution >= 0.6 is 17.0 Å². The van der Waals surface area contributed by atoms with Crippen molar-refractivity contribution in [2.24, 2.45) is 5.73 Å². The van der Waals surface area contributed by atoms with E-state index in [1.165, 1.54) is 0 Å². The predicted molar refractivity (Wildman–Crippen MR) is 48.3 cm³/mol. The van der Waals surface area contributed by atoms with E-state index in [9.17, 15) is 10.2 Å². The average molecular weight is 260 g/mol. The van der Waals surface area contributed by atoms with Gasteiger partial charge in [-0.05, 0) is 0 Å². The van der Waals surface area contributed by atoms with Crippen LogP contribution in [0.15, 0.2) is 0 Å². The molecule has 0 bridgehead atoms. The van der Waals surface area contributed by atoms with Crippen LogP contribution in [0.5, 0.6) is 0 Å².